The molecule has 2 aromatic heterocycles. The maximum Gasteiger partial charge on any atom is 0.281 e. The normalized spacial score (nSPS) is 19.7. The second-order valence-corrected chi connectivity index (χ2v) is 8.40. The Kier molecular flexibility index (Phi) is 4.98. The lowest BCUT2D eigenvalue weighted by Crippen LogP contribution is -2.45. The summed E-state index contributed by atoms with van der Waals surface area (Å²) >= 11 is 0. The highest BCUT2D eigenvalue weighted by molar-refractivity contribution is 7.86. The molecule has 3 rings (SSSR count). The van der Waals surface area contributed by atoms with E-state index >= 15 is 0 Å². The summed E-state index contributed by atoms with van der Waals surface area (Å²) in [6, 6.07) is 3.94. The van der Waals surface area contributed by atoms with Crippen molar-refractivity contribution >= 4 is 10.2 Å². The van der Waals surface area contributed by atoms with Gasteiger partial charge in [0, 0.05) is 57.9 Å². The fourth-order valence-electron chi connectivity index (χ4n) is 3.10. The quantitative estimate of drug-likeness (QED) is 0.816. The fraction of sp³-hybridized carbons (Fsp3) is 0.500. The van der Waals surface area contributed by atoms with Gasteiger partial charge >= 0.3 is 0 Å². The van der Waals surface area contributed by atoms with Gasteiger partial charge in [0.2, 0.25) is 0 Å². The van der Waals surface area contributed by atoms with Gasteiger partial charge in [-0.15, -0.1) is 0 Å². The van der Waals surface area contributed by atoms with E-state index in [1.807, 2.05) is 24.5 Å². The molecule has 0 spiro atoms. The summed E-state index contributed by atoms with van der Waals surface area (Å²) in [7, 11) is -0.233. The van der Waals surface area contributed by atoms with Gasteiger partial charge < -0.3 is 4.57 Å². The van der Waals surface area contributed by atoms with E-state index in [1.54, 1.807) is 30.8 Å². The molecule has 0 aromatic carbocycles. The molecule has 0 amide bonds. The number of aromatic nitrogens is 3. The summed E-state index contributed by atoms with van der Waals surface area (Å²) in [5.41, 5.74) is 1.10. The molecule has 0 aliphatic carbocycles. The molecule has 1 aliphatic heterocycles. The van der Waals surface area contributed by atoms with E-state index in [2.05, 4.69) is 14.5 Å². The maximum atomic E-state index is 12.4. The van der Waals surface area contributed by atoms with Gasteiger partial charge in [0.1, 0.15) is 5.82 Å². The summed E-state index contributed by atoms with van der Waals surface area (Å²) in [5.74, 6) is 1.05. The molecule has 3 heterocycles. The Labute approximate surface area is 143 Å². The Balaban J connectivity index is 1.79. The van der Waals surface area contributed by atoms with Crippen molar-refractivity contribution in [3.63, 3.8) is 0 Å². The number of imidazole rings is 1. The molecule has 24 heavy (non-hydrogen) atoms. The predicted octanol–water partition coefficient (Wildman–Crippen LogP) is 1.31. The highest BCUT2D eigenvalue weighted by Crippen LogP contribution is 2.28. The van der Waals surface area contributed by atoms with Gasteiger partial charge in [-0.05, 0) is 24.5 Å². The third kappa shape index (κ3) is 3.50. The van der Waals surface area contributed by atoms with Gasteiger partial charge in [-0.2, -0.15) is 17.0 Å². The SMILES string of the molecule is CN(C)S(=O)(=O)N1CCC[C@@H](c2nccn2Cc2cccnc2)C1. The summed E-state index contributed by atoms with van der Waals surface area (Å²) < 4.78 is 29.7. The van der Waals surface area contributed by atoms with Crippen LogP contribution in [0.25, 0.3) is 0 Å². The van der Waals surface area contributed by atoms with Crippen LogP contribution in [0.15, 0.2) is 36.9 Å². The Morgan fingerprint density at radius 3 is 2.88 bits per heavy atom. The molecule has 0 bridgehead atoms. The molecule has 0 unspecified atom stereocenters. The van der Waals surface area contributed by atoms with Crippen LogP contribution in [0.5, 0.6) is 0 Å². The first-order valence-electron chi connectivity index (χ1n) is 8.06. The zero-order chi connectivity index (χ0) is 17.2. The monoisotopic (exact) mass is 349 g/mol. The highest BCUT2D eigenvalue weighted by Gasteiger charge is 2.32. The Morgan fingerprint density at radius 1 is 1.33 bits per heavy atom. The van der Waals surface area contributed by atoms with Crippen LogP contribution < -0.4 is 0 Å². The minimum absolute atomic E-state index is 0.111. The van der Waals surface area contributed by atoms with Crippen LogP contribution in [0.4, 0.5) is 0 Å². The third-order valence-electron chi connectivity index (χ3n) is 4.36. The molecular weight excluding hydrogens is 326 g/mol. The molecule has 1 atom stereocenters. The van der Waals surface area contributed by atoms with Crippen molar-refractivity contribution in [2.75, 3.05) is 27.2 Å². The van der Waals surface area contributed by atoms with Crippen molar-refractivity contribution in [3.05, 3.63) is 48.3 Å². The summed E-state index contributed by atoms with van der Waals surface area (Å²) in [4.78, 5) is 8.65. The molecule has 0 radical (unpaired) electrons. The van der Waals surface area contributed by atoms with E-state index in [9.17, 15) is 8.42 Å². The average Bonchev–Trinajstić information content (AvgIpc) is 3.04. The molecule has 1 saturated heterocycles. The van der Waals surface area contributed by atoms with E-state index in [1.165, 1.54) is 4.31 Å². The van der Waals surface area contributed by atoms with Crippen LogP contribution >= 0.6 is 0 Å². The lowest BCUT2D eigenvalue weighted by Gasteiger charge is -2.33. The smallest absolute Gasteiger partial charge is 0.281 e. The highest BCUT2D eigenvalue weighted by atomic mass is 32.2. The molecule has 0 N–H and O–H groups in total. The molecule has 130 valence electrons. The van der Waals surface area contributed by atoms with Crippen LogP contribution in [-0.4, -0.2) is 58.7 Å². The Bertz CT molecular complexity index is 773. The van der Waals surface area contributed by atoms with Crippen molar-refractivity contribution in [3.8, 4) is 0 Å². The lowest BCUT2D eigenvalue weighted by atomic mass is 9.99. The number of hydrogen-bond acceptors (Lipinski definition) is 4. The molecule has 1 aliphatic rings. The van der Waals surface area contributed by atoms with Gasteiger partial charge in [-0.1, -0.05) is 6.07 Å². The van der Waals surface area contributed by atoms with Gasteiger partial charge in [0.25, 0.3) is 10.2 Å². The minimum Gasteiger partial charge on any atom is -0.330 e. The predicted molar refractivity (Wildman–Crippen MR) is 91.7 cm³/mol. The van der Waals surface area contributed by atoms with Crippen molar-refractivity contribution in [2.24, 2.45) is 0 Å². The van der Waals surface area contributed by atoms with E-state index in [0.717, 1.165) is 24.2 Å². The summed E-state index contributed by atoms with van der Waals surface area (Å²) in [6.07, 6.45) is 9.12. The number of piperidine rings is 1. The second-order valence-electron chi connectivity index (χ2n) is 6.26. The summed E-state index contributed by atoms with van der Waals surface area (Å²) in [5, 5.41) is 0. The Hall–Kier alpha value is -1.77. The lowest BCUT2D eigenvalue weighted by molar-refractivity contribution is 0.290. The van der Waals surface area contributed by atoms with Crippen molar-refractivity contribution in [2.45, 2.75) is 25.3 Å². The van der Waals surface area contributed by atoms with Gasteiger partial charge in [-0.25, -0.2) is 4.98 Å². The van der Waals surface area contributed by atoms with Gasteiger partial charge in [0.05, 0.1) is 6.54 Å². The maximum absolute atomic E-state index is 12.4. The molecule has 0 saturated carbocycles. The van der Waals surface area contributed by atoms with Crippen molar-refractivity contribution in [1.29, 1.82) is 0 Å². The zero-order valence-corrected chi connectivity index (χ0v) is 14.9. The summed E-state index contributed by atoms with van der Waals surface area (Å²) in [6.45, 7) is 1.74. The number of nitrogens with zero attached hydrogens (tertiary/aromatic N) is 5. The van der Waals surface area contributed by atoms with Crippen molar-refractivity contribution in [1.82, 2.24) is 23.1 Å². The van der Waals surface area contributed by atoms with Crippen LogP contribution in [0.3, 0.4) is 0 Å². The third-order valence-corrected chi connectivity index (χ3v) is 6.27. The van der Waals surface area contributed by atoms with Crippen LogP contribution in [0.2, 0.25) is 0 Å². The topological polar surface area (TPSA) is 71.3 Å². The number of rotatable bonds is 5. The molecule has 1 fully saturated rings. The van der Waals surface area contributed by atoms with E-state index < -0.39 is 10.2 Å². The first-order valence-corrected chi connectivity index (χ1v) is 9.45. The van der Waals surface area contributed by atoms with Gasteiger partial charge in [0.15, 0.2) is 0 Å². The van der Waals surface area contributed by atoms with E-state index in [0.29, 0.717) is 19.6 Å². The number of pyridine rings is 1. The standard InChI is InChI=1S/C16H23N5O2S/c1-19(2)24(22,23)21-9-4-6-15(13-21)16-18-8-10-20(16)12-14-5-3-7-17-11-14/h3,5,7-8,10-11,15H,4,6,9,12-13H2,1-2H3/t15-/m1/s1. The van der Waals surface area contributed by atoms with Crippen LogP contribution in [-0.2, 0) is 16.8 Å². The average molecular weight is 349 g/mol. The largest absolute Gasteiger partial charge is 0.330 e. The first-order chi connectivity index (χ1) is 11.5. The molecular formula is C16H23N5O2S. The van der Waals surface area contributed by atoms with Gasteiger partial charge in [-0.3, -0.25) is 4.98 Å². The molecule has 2 aromatic rings. The molecule has 7 nitrogen and oxygen atoms in total. The number of hydrogen-bond donors (Lipinski definition) is 0. The first kappa shape index (κ1) is 17.1. The van der Waals surface area contributed by atoms with Crippen LogP contribution in [0.1, 0.15) is 30.1 Å². The Morgan fingerprint density at radius 2 is 2.17 bits per heavy atom. The van der Waals surface area contributed by atoms with Crippen LogP contribution in [0, 0.1) is 0 Å². The molecule has 8 heteroatoms. The van der Waals surface area contributed by atoms with Crippen molar-refractivity contribution < 1.29 is 8.42 Å². The minimum atomic E-state index is -3.38. The zero-order valence-electron chi connectivity index (χ0n) is 14.0. The second kappa shape index (κ2) is 7.00. The van der Waals surface area contributed by atoms with E-state index in [-0.39, 0.29) is 5.92 Å². The fourth-order valence-corrected chi connectivity index (χ4v) is 4.29. The van der Waals surface area contributed by atoms with E-state index in [4.69, 9.17) is 0 Å².